The summed E-state index contributed by atoms with van der Waals surface area (Å²) in [5, 5.41) is 2.82. The van der Waals surface area contributed by atoms with Gasteiger partial charge in [-0.25, -0.2) is 0 Å². The molecule has 7 heteroatoms. The van der Waals surface area contributed by atoms with Crippen LogP contribution < -0.4 is 10.2 Å². The van der Waals surface area contributed by atoms with E-state index >= 15 is 0 Å². The van der Waals surface area contributed by atoms with Gasteiger partial charge in [0.1, 0.15) is 18.1 Å². The number of benzene rings is 1. The van der Waals surface area contributed by atoms with Crippen LogP contribution in [0.5, 0.6) is 0 Å². The van der Waals surface area contributed by atoms with Gasteiger partial charge in [-0.05, 0) is 39.0 Å². The summed E-state index contributed by atoms with van der Waals surface area (Å²) in [5.41, 5.74) is 1.68. The highest BCUT2D eigenvalue weighted by Crippen LogP contribution is 2.31. The normalized spacial score (nSPS) is 16.4. The molecule has 1 aliphatic rings. The third-order valence-electron chi connectivity index (χ3n) is 4.62. The number of hydrogen-bond acceptors (Lipinski definition) is 4. The van der Waals surface area contributed by atoms with Crippen LogP contribution in [-0.4, -0.2) is 42.3 Å². The molecular formula is C20H23N3O4. The summed E-state index contributed by atoms with van der Waals surface area (Å²) >= 11 is 0. The Balaban J connectivity index is 1.83. The zero-order chi connectivity index (χ0) is 19.7. The average Bonchev–Trinajstić information content (AvgIpc) is 2.86. The van der Waals surface area contributed by atoms with Crippen molar-refractivity contribution in [2.24, 2.45) is 0 Å². The van der Waals surface area contributed by atoms with Gasteiger partial charge in [0.15, 0.2) is 0 Å². The van der Waals surface area contributed by atoms with E-state index in [0.717, 1.165) is 0 Å². The summed E-state index contributed by atoms with van der Waals surface area (Å²) in [5.74, 6) is 0.511. The van der Waals surface area contributed by atoms with Gasteiger partial charge in [0, 0.05) is 19.5 Å². The van der Waals surface area contributed by atoms with Gasteiger partial charge in [-0.2, -0.15) is 0 Å². The predicted molar refractivity (Wildman–Crippen MR) is 102 cm³/mol. The SMILES string of the molecule is Cc1cc(C(=O)N(C)CC(=O)N2c3ccccc3NC(=O)CC2C)c(C)o1. The molecular weight excluding hydrogens is 346 g/mol. The molecule has 2 heterocycles. The molecule has 0 spiro atoms. The largest absolute Gasteiger partial charge is 0.466 e. The topological polar surface area (TPSA) is 82.9 Å². The first-order valence-electron chi connectivity index (χ1n) is 8.81. The third-order valence-corrected chi connectivity index (χ3v) is 4.62. The van der Waals surface area contributed by atoms with Crippen molar-refractivity contribution in [1.29, 1.82) is 0 Å². The molecule has 0 fully saturated rings. The Morgan fingerprint density at radius 1 is 1.30 bits per heavy atom. The zero-order valence-corrected chi connectivity index (χ0v) is 15.9. The Kier molecular flexibility index (Phi) is 5.03. The van der Waals surface area contributed by atoms with Crippen LogP contribution in [0.1, 0.15) is 35.2 Å². The van der Waals surface area contributed by atoms with Crippen molar-refractivity contribution in [3.05, 3.63) is 47.4 Å². The quantitative estimate of drug-likeness (QED) is 0.902. The first kappa shape index (κ1) is 18.7. The van der Waals surface area contributed by atoms with E-state index in [-0.39, 0.29) is 36.7 Å². The van der Waals surface area contributed by atoms with Crippen molar-refractivity contribution in [2.45, 2.75) is 33.2 Å². The molecule has 1 atom stereocenters. The van der Waals surface area contributed by atoms with Crippen LogP contribution in [0.25, 0.3) is 0 Å². The van der Waals surface area contributed by atoms with Gasteiger partial charge in [-0.15, -0.1) is 0 Å². The number of para-hydroxylation sites is 2. The minimum atomic E-state index is -0.317. The molecule has 142 valence electrons. The van der Waals surface area contributed by atoms with E-state index in [1.54, 1.807) is 50.1 Å². The predicted octanol–water partition coefficient (Wildman–Crippen LogP) is 2.73. The zero-order valence-electron chi connectivity index (χ0n) is 15.9. The molecule has 1 unspecified atom stereocenters. The lowest BCUT2D eigenvalue weighted by atomic mass is 10.1. The number of carbonyl (C=O) groups is 3. The van der Waals surface area contributed by atoms with E-state index < -0.39 is 0 Å². The molecule has 0 bridgehead atoms. The first-order chi connectivity index (χ1) is 12.8. The highest BCUT2D eigenvalue weighted by atomic mass is 16.3. The second kappa shape index (κ2) is 7.26. The van der Waals surface area contributed by atoms with Crippen molar-refractivity contribution in [2.75, 3.05) is 23.8 Å². The van der Waals surface area contributed by atoms with Crippen LogP contribution >= 0.6 is 0 Å². The van der Waals surface area contributed by atoms with Crippen LogP contribution in [0.2, 0.25) is 0 Å². The van der Waals surface area contributed by atoms with Crippen molar-refractivity contribution in [3.8, 4) is 0 Å². The third kappa shape index (κ3) is 3.72. The molecule has 27 heavy (non-hydrogen) atoms. The van der Waals surface area contributed by atoms with Gasteiger partial charge < -0.3 is 19.5 Å². The van der Waals surface area contributed by atoms with E-state index in [4.69, 9.17) is 4.42 Å². The minimum Gasteiger partial charge on any atom is -0.466 e. The number of fused-ring (bicyclic) bond motifs is 1. The summed E-state index contributed by atoms with van der Waals surface area (Å²) in [6.07, 6.45) is 0.193. The summed E-state index contributed by atoms with van der Waals surface area (Å²) in [6.45, 7) is 5.22. The van der Waals surface area contributed by atoms with Gasteiger partial charge in [0.05, 0.1) is 16.9 Å². The van der Waals surface area contributed by atoms with Gasteiger partial charge in [0.2, 0.25) is 11.8 Å². The lowest BCUT2D eigenvalue weighted by Gasteiger charge is -2.29. The van der Waals surface area contributed by atoms with E-state index in [1.807, 2.05) is 13.0 Å². The molecule has 1 aromatic carbocycles. The number of hydrogen-bond donors (Lipinski definition) is 1. The Hall–Kier alpha value is -3.09. The van der Waals surface area contributed by atoms with Crippen LogP contribution in [-0.2, 0) is 9.59 Å². The number of amides is 3. The molecule has 0 radical (unpaired) electrons. The Labute approximate surface area is 157 Å². The van der Waals surface area contributed by atoms with Crippen LogP contribution in [0, 0.1) is 13.8 Å². The van der Waals surface area contributed by atoms with Crippen LogP contribution in [0.3, 0.4) is 0 Å². The number of carbonyl (C=O) groups excluding carboxylic acids is 3. The number of nitrogens with zero attached hydrogens (tertiary/aromatic N) is 2. The molecule has 0 aliphatic carbocycles. The molecule has 1 N–H and O–H groups in total. The minimum absolute atomic E-state index is 0.102. The van der Waals surface area contributed by atoms with Crippen molar-refractivity contribution < 1.29 is 18.8 Å². The van der Waals surface area contributed by atoms with Gasteiger partial charge in [-0.1, -0.05) is 12.1 Å². The number of aryl methyl sites for hydroxylation is 2. The summed E-state index contributed by atoms with van der Waals surface area (Å²) in [4.78, 5) is 40.7. The number of likely N-dealkylation sites (N-methyl/N-ethyl adjacent to an activating group) is 1. The summed E-state index contributed by atoms with van der Waals surface area (Å²) in [6, 6.07) is 8.53. The lowest BCUT2D eigenvalue weighted by Crippen LogP contribution is -2.45. The Morgan fingerprint density at radius 3 is 2.67 bits per heavy atom. The van der Waals surface area contributed by atoms with Crippen molar-refractivity contribution >= 4 is 29.1 Å². The monoisotopic (exact) mass is 369 g/mol. The fraction of sp³-hybridized carbons (Fsp3) is 0.350. The summed E-state index contributed by atoms with van der Waals surface area (Å²) < 4.78 is 5.41. The second-order valence-corrected chi connectivity index (χ2v) is 6.87. The first-order valence-corrected chi connectivity index (χ1v) is 8.81. The standard InChI is InChI=1S/C20H23N3O4/c1-12-9-18(24)21-16-7-5-6-8-17(16)23(12)19(25)11-22(4)20(26)15-10-13(2)27-14(15)3/h5-8,10,12H,9,11H2,1-4H3,(H,21,24). The molecule has 7 nitrogen and oxygen atoms in total. The van der Waals surface area contributed by atoms with Gasteiger partial charge in [0.25, 0.3) is 5.91 Å². The van der Waals surface area contributed by atoms with E-state index in [9.17, 15) is 14.4 Å². The van der Waals surface area contributed by atoms with Crippen molar-refractivity contribution in [1.82, 2.24) is 4.90 Å². The summed E-state index contributed by atoms with van der Waals surface area (Å²) in [7, 11) is 1.58. The number of anilines is 2. The Morgan fingerprint density at radius 2 is 2.00 bits per heavy atom. The molecule has 1 aromatic heterocycles. The molecule has 3 amide bonds. The highest BCUT2D eigenvalue weighted by Gasteiger charge is 2.31. The number of furan rings is 1. The molecule has 2 aromatic rings. The fourth-order valence-electron chi connectivity index (χ4n) is 3.37. The highest BCUT2D eigenvalue weighted by molar-refractivity contribution is 6.06. The lowest BCUT2D eigenvalue weighted by molar-refractivity contribution is -0.119. The van der Waals surface area contributed by atoms with E-state index in [2.05, 4.69) is 5.32 Å². The van der Waals surface area contributed by atoms with E-state index in [0.29, 0.717) is 28.5 Å². The smallest absolute Gasteiger partial charge is 0.257 e. The average molecular weight is 369 g/mol. The fourth-order valence-corrected chi connectivity index (χ4v) is 3.37. The van der Waals surface area contributed by atoms with Crippen LogP contribution in [0.15, 0.2) is 34.7 Å². The molecule has 0 saturated heterocycles. The second-order valence-electron chi connectivity index (χ2n) is 6.87. The van der Waals surface area contributed by atoms with Crippen LogP contribution in [0.4, 0.5) is 11.4 Å². The molecule has 3 rings (SSSR count). The molecule has 0 saturated carbocycles. The molecule has 1 aliphatic heterocycles. The van der Waals surface area contributed by atoms with E-state index in [1.165, 1.54) is 4.90 Å². The number of rotatable bonds is 3. The number of nitrogens with one attached hydrogen (secondary N) is 1. The Bertz CT molecular complexity index is 902. The maximum absolute atomic E-state index is 13.0. The van der Waals surface area contributed by atoms with Gasteiger partial charge in [-0.3, -0.25) is 14.4 Å². The van der Waals surface area contributed by atoms with Crippen molar-refractivity contribution in [3.63, 3.8) is 0 Å². The van der Waals surface area contributed by atoms with Gasteiger partial charge >= 0.3 is 0 Å². The maximum Gasteiger partial charge on any atom is 0.257 e. The maximum atomic E-state index is 13.0.